The maximum Gasteiger partial charge on any atom is 0.165 e. The standard InChI is InChI=1S/C53H31N3S2/c1-3-17-35-32(13-1)15-9-21-37(35)34-29-30-43(46(31-34)38-22-10-16-33-14-2-4-18-36(33)38)51-54-52(44-25-11-23-41-39-19-5-7-27-47(39)57-49(41)44)56-53(55-51)45-26-12-24-42-40-20-6-8-28-48(40)58-50(42)45/h1-31H. The highest BCUT2D eigenvalue weighted by atomic mass is 32.1. The van der Waals surface area contributed by atoms with Crippen LogP contribution in [-0.4, -0.2) is 15.0 Å². The molecule has 0 amide bonds. The summed E-state index contributed by atoms with van der Waals surface area (Å²) in [5.74, 6) is 1.97. The number of fused-ring (bicyclic) bond motifs is 8. The SMILES string of the molecule is c1ccc2c(-c3ccc(-c4nc(-c5cccc6c5sc5ccccc56)nc(-c5cccc6c5sc5ccccc56)n4)c(-c4cccc5ccccc45)c3)cccc2c1. The second-order valence-electron chi connectivity index (χ2n) is 14.7. The van der Waals surface area contributed by atoms with Crippen molar-refractivity contribution in [2.45, 2.75) is 0 Å². The molecule has 9 aromatic carbocycles. The van der Waals surface area contributed by atoms with Crippen molar-refractivity contribution >= 4 is 84.6 Å². The molecule has 0 aliphatic heterocycles. The Morgan fingerprint density at radius 1 is 0.276 bits per heavy atom. The van der Waals surface area contributed by atoms with E-state index in [4.69, 9.17) is 15.0 Å². The lowest BCUT2D eigenvalue weighted by Gasteiger charge is -2.16. The predicted octanol–water partition coefficient (Wildman–Crippen LogP) is 15.2. The van der Waals surface area contributed by atoms with Gasteiger partial charge in [-0.15, -0.1) is 22.7 Å². The number of hydrogen-bond acceptors (Lipinski definition) is 5. The Morgan fingerprint density at radius 3 is 1.28 bits per heavy atom. The first kappa shape index (κ1) is 33.1. The fraction of sp³-hybridized carbons (Fsp3) is 0. The minimum absolute atomic E-state index is 0.642. The quantitative estimate of drug-likeness (QED) is 0.175. The van der Waals surface area contributed by atoms with Gasteiger partial charge in [-0.25, -0.2) is 15.0 Å². The van der Waals surface area contributed by atoms with Crippen LogP contribution in [-0.2, 0) is 0 Å². The Hall–Kier alpha value is -7.05. The highest BCUT2D eigenvalue weighted by molar-refractivity contribution is 7.26. The van der Waals surface area contributed by atoms with E-state index in [9.17, 15) is 0 Å². The van der Waals surface area contributed by atoms with Crippen molar-refractivity contribution in [2.75, 3.05) is 0 Å². The minimum Gasteiger partial charge on any atom is -0.208 e. The molecule has 3 heterocycles. The van der Waals surface area contributed by atoms with Crippen molar-refractivity contribution in [3.63, 3.8) is 0 Å². The molecular formula is C53H31N3S2. The van der Waals surface area contributed by atoms with Gasteiger partial charge in [0, 0.05) is 57.0 Å². The van der Waals surface area contributed by atoms with Gasteiger partial charge in [-0.05, 0) is 80.2 Å². The van der Waals surface area contributed by atoms with Crippen LogP contribution in [0.1, 0.15) is 0 Å². The first-order valence-corrected chi connectivity index (χ1v) is 21.1. The molecule has 0 unspecified atom stereocenters. The summed E-state index contributed by atoms with van der Waals surface area (Å²) in [7, 11) is 0. The summed E-state index contributed by atoms with van der Waals surface area (Å²) in [4.78, 5) is 16.3. The van der Waals surface area contributed by atoms with Crippen LogP contribution in [0.15, 0.2) is 188 Å². The molecule has 12 rings (SSSR count). The number of rotatable bonds is 5. The molecule has 0 fully saturated rings. The van der Waals surface area contributed by atoms with Gasteiger partial charge < -0.3 is 0 Å². The van der Waals surface area contributed by atoms with Gasteiger partial charge >= 0.3 is 0 Å². The summed E-state index contributed by atoms with van der Waals surface area (Å²) in [5.41, 5.74) is 7.51. The Kier molecular flexibility index (Phi) is 7.58. The van der Waals surface area contributed by atoms with Crippen LogP contribution in [0.25, 0.3) is 118 Å². The van der Waals surface area contributed by atoms with E-state index in [-0.39, 0.29) is 0 Å². The van der Waals surface area contributed by atoms with E-state index < -0.39 is 0 Å². The monoisotopic (exact) mass is 773 g/mol. The van der Waals surface area contributed by atoms with Gasteiger partial charge in [0.25, 0.3) is 0 Å². The molecule has 0 bridgehead atoms. The minimum atomic E-state index is 0.642. The van der Waals surface area contributed by atoms with E-state index in [2.05, 4.69) is 188 Å². The van der Waals surface area contributed by atoms with Crippen LogP contribution in [0.2, 0.25) is 0 Å². The lowest BCUT2D eigenvalue weighted by atomic mass is 9.90. The molecule has 0 saturated carbocycles. The average molecular weight is 774 g/mol. The van der Waals surface area contributed by atoms with E-state index in [1.54, 1.807) is 22.7 Å². The van der Waals surface area contributed by atoms with Gasteiger partial charge in [0.05, 0.1) is 0 Å². The Balaban J connectivity index is 1.16. The molecule has 12 aromatic rings. The van der Waals surface area contributed by atoms with Crippen molar-refractivity contribution in [3.8, 4) is 56.4 Å². The van der Waals surface area contributed by atoms with Crippen molar-refractivity contribution in [1.29, 1.82) is 0 Å². The van der Waals surface area contributed by atoms with Crippen LogP contribution in [0.5, 0.6) is 0 Å². The molecule has 3 nitrogen and oxygen atoms in total. The van der Waals surface area contributed by atoms with Crippen LogP contribution >= 0.6 is 22.7 Å². The molecule has 0 atom stereocenters. The van der Waals surface area contributed by atoms with Gasteiger partial charge in [-0.2, -0.15) is 0 Å². The summed E-state index contributed by atoms with van der Waals surface area (Å²) in [6.45, 7) is 0. The lowest BCUT2D eigenvalue weighted by molar-refractivity contribution is 1.08. The second-order valence-corrected chi connectivity index (χ2v) is 16.8. The van der Waals surface area contributed by atoms with Gasteiger partial charge in [0.1, 0.15) is 0 Å². The maximum atomic E-state index is 5.45. The smallest absolute Gasteiger partial charge is 0.165 e. The summed E-state index contributed by atoms with van der Waals surface area (Å²) in [6.07, 6.45) is 0. The Labute approximate surface area is 342 Å². The summed E-state index contributed by atoms with van der Waals surface area (Å²) in [6, 6.07) is 67.4. The summed E-state index contributed by atoms with van der Waals surface area (Å²) >= 11 is 3.59. The number of nitrogens with zero attached hydrogens (tertiary/aromatic N) is 3. The number of hydrogen-bond donors (Lipinski definition) is 0. The summed E-state index contributed by atoms with van der Waals surface area (Å²) in [5, 5.41) is 9.72. The molecule has 0 aliphatic rings. The first-order valence-electron chi connectivity index (χ1n) is 19.4. The summed E-state index contributed by atoms with van der Waals surface area (Å²) < 4.78 is 4.84. The van der Waals surface area contributed by atoms with Crippen molar-refractivity contribution in [2.24, 2.45) is 0 Å². The van der Waals surface area contributed by atoms with Crippen molar-refractivity contribution < 1.29 is 0 Å². The third kappa shape index (κ3) is 5.28. The van der Waals surface area contributed by atoms with Gasteiger partial charge in [-0.3, -0.25) is 0 Å². The van der Waals surface area contributed by atoms with Gasteiger partial charge in [-0.1, -0.05) is 152 Å². The zero-order valence-corrected chi connectivity index (χ0v) is 32.7. The van der Waals surface area contributed by atoms with Crippen LogP contribution in [0.4, 0.5) is 0 Å². The maximum absolute atomic E-state index is 5.45. The van der Waals surface area contributed by atoms with E-state index in [0.717, 1.165) is 33.4 Å². The normalized spacial score (nSPS) is 11.8. The van der Waals surface area contributed by atoms with Crippen LogP contribution < -0.4 is 0 Å². The third-order valence-electron chi connectivity index (χ3n) is 11.4. The van der Waals surface area contributed by atoms with E-state index >= 15 is 0 Å². The average Bonchev–Trinajstić information content (AvgIpc) is 3.87. The largest absolute Gasteiger partial charge is 0.208 e. The van der Waals surface area contributed by atoms with Gasteiger partial charge in [0.2, 0.25) is 0 Å². The lowest BCUT2D eigenvalue weighted by Crippen LogP contribution is -2.01. The first-order chi connectivity index (χ1) is 28.7. The van der Waals surface area contributed by atoms with E-state index in [1.807, 2.05) is 0 Å². The van der Waals surface area contributed by atoms with Gasteiger partial charge in [0.15, 0.2) is 17.5 Å². The molecule has 0 N–H and O–H groups in total. The highest BCUT2D eigenvalue weighted by Gasteiger charge is 2.22. The molecule has 0 spiro atoms. The number of aromatic nitrogens is 3. The molecule has 0 aliphatic carbocycles. The molecular weight excluding hydrogens is 743 g/mol. The molecule has 3 aromatic heterocycles. The third-order valence-corrected chi connectivity index (χ3v) is 13.8. The molecule has 0 saturated heterocycles. The second kappa shape index (κ2) is 13.3. The Morgan fingerprint density at radius 2 is 0.690 bits per heavy atom. The topological polar surface area (TPSA) is 38.7 Å². The molecule has 0 radical (unpaired) electrons. The fourth-order valence-electron chi connectivity index (χ4n) is 8.65. The zero-order chi connectivity index (χ0) is 38.2. The number of benzene rings is 9. The molecule has 270 valence electrons. The van der Waals surface area contributed by atoms with E-state index in [1.165, 1.54) is 67.5 Å². The van der Waals surface area contributed by atoms with Crippen LogP contribution in [0.3, 0.4) is 0 Å². The van der Waals surface area contributed by atoms with E-state index in [0.29, 0.717) is 17.5 Å². The molecule has 5 heteroatoms. The highest BCUT2D eigenvalue weighted by Crippen LogP contribution is 2.44. The predicted molar refractivity (Wildman–Crippen MR) is 248 cm³/mol. The Bertz CT molecular complexity index is 3450. The zero-order valence-electron chi connectivity index (χ0n) is 31.1. The van der Waals surface area contributed by atoms with Crippen molar-refractivity contribution in [3.05, 3.63) is 188 Å². The number of thiophene rings is 2. The fourth-order valence-corrected chi connectivity index (χ4v) is 11.1. The van der Waals surface area contributed by atoms with Crippen molar-refractivity contribution in [1.82, 2.24) is 15.0 Å². The van der Waals surface area contributed by atoms with Crippen LogP contribution in [0, 0.1) is 0 Å². The molecule has 58 heavy (non-hydrogen) atoms.